The second kappa shape index (κ2) is 69.2. The molecular weight excluding hydrogens is 1150 g/mol. The van der Waals surface area contributed by atoms with E-state index >= 15 is 0 Å². The molecule has 9 atom stereocenters. The van der Waals surface area contributed by atoms with Crippen molar-refractivity contribution in [1.82, 2.24) is 5.32 Å². The fourth-order valence-electron chi connectivity index (χ4n) is 13.2. The van der Waals surface area contributed by atoms with E-state index in [1.54, 1.807) is 0 Å². The lowest BCUT2D eigenvalue weighted by Crippen LogP contribution is -2.60. The summed E-state index contributed by atoms with van der Waals surface area (Å²) in [7, 11) is 0. The largest absolute Gasteiger partial charge is 0.394 e. The summed E-state index contributed by atoms with van der Waals surface area (Å²) in [6, 6.07) is -1.20. The number of carbonyl (C=O) groups is 1. The molecule has 1 aliphatic heterocycles. The van der Waals surface area contributed by atoms with Crippen molar-refractivity contribution in [2.45, 2.75) is 461 Å². The third-order valence-corrected chi connectivity index (χ3v) is 19.7. The molecule has 92 heavy (non-hydrogen) atoms. The summed E-state index contributed by atoms with van der Waals surface area (Å²) in [5.41, 5.74) is 0. The number of carbonyl (C=O) groups excluding carboxylic acids is 1. The number of hydrogen-bond acceptors (Lipinski definition) is 10. The van der Waals surface area contributed by atoms with Crippen LogP contribution in [0.25, 0.3) is 0 Å². The van der Waals surface area contributed by atoms with Crippen molar-refractivity contribution in [3.05, 3.63) is 36.5 Å². The van der Waals surface area contributed by atoms with Crippen molar-refractivity contribution in [3.63, 3.8) is 0 Å². The van der Waals surface area contributed by atoms with Gasteiger partial charge in [0.25, 0.3) is 0 Å². The molecule has 0 aromatic carbocycles. The van der Waals surface area contributed by atoms with Crippen LogP contribution in [0.4, 0.5) is 0 Å². The first kappa shape index (κ1) is 88.3. The highest BCUT2D eigenvalue weighted by atomic mass is 16.7. The van der Waals surface area contributed by atoms with E-state index in [0.717, 1.165) is 44.9 Å². The number of amides is 1. The van der Waals surface area contributed by atoms with E-state index in [2.05, 4.69) is 55.6 Å². The van der Waals surface area contributed by atoms with Gasteiger partial charge in [0.2, 0.25) is 5.91 Å². The Morgan fingerprint density at radius 3 is 0.967 bits per heavy atom. The highest BCUT2D eigenvalue weighted by Crippen LogP contribution is 2.24. The molecule has 1 heterocycles. The molecule has 8 N–H and O–H groups in total. The van der Waals surface area contributed by atoms with Gasteiger partial charge in [0.05, 0.1) is 25.4 Å². The van der Waals surface area contributed by atoms with Crippen LogP contribution in [0.5, 0.6) is 0 Å². The van der Waals surface area contributed by atoms with Crippen LogP contribution in [0.2, 0.25) is 0 Å². The summed E-state index contributed by atoms with van der Waals surface area (Å²) in [5, 5.41) is 76.7. The van der Waals surface area contributed by atoms with Gasteiger partial charge >= 0.3 is 0 Å². The number of hydrogen-bond donors (Lipinski definition) is 8. The van der Waals surface area contributed by atoms with Gasteiger partial charge in [0.1, 0.15) is 36.6 Å². The molecule has 1 aliphatic rings. The van der Waals surface area contributed by atoms with Gasteiger partial charge in [-0.25, -0.2) is 0 Å². The molecule has 1 saturated heterocycles. The van der Waals surface area contributed by atoms with Crippen molar-refractivity contribution in [3.8, 4) is 0 Å². The van der Waals surface area contributed by atoms with Crippen LogP contribution in [0.15, 0.2) is 36.5 Å². The Morgan fingerprint density at radius 1 is 0.370 bits per heavy atom. The Hall–Kier alpha value is -1.67. The van der Waals surface area contributed by atoms with E-state index in [9.17, 15) is 40.5 Å². The fraction of sp³-hybridized carbons (Fsp3) is 0.914. The quantitative estimate of drug-likeness (QED) is 0.0215. The maximum atomic E-state index is 13.3. The normalized spacial score (nSPS) is 18.5. The van der Waals surface area contributed by atoms with Crippen molar-refractivity contribution in [2.75, 3.05) is 13.2 Å². The van der Waals surface area contributed by atoms with Crippen molar-refractivity contribution >= 4 is 5.91 Å². The summed E-state index contributed by atoms with van der Waals surface area (Å²) in [6.45, 7) is 3.51. The highest BCUT2D eigenvalue weighted by Gasteiger charge is 2.44. The van der Waals surface area contributed by atoms with E-state index < -0.39 is 74.2 Å². The Morgan fingerprint density at radius 2 is 0.652 bits per heavy atom. The molecule has 0 bridgehead atoms. The number of unbranched alkanes of at least 4 members (excludes halogenated alkanes) is 54. The lowest BCUT2D eigenvalue weighted by Gasteiger charge is -2.40. The Labute approximate surface area is 568 Å². The highest BCUT2D eigenvalue weighted by molar-refractivity contribution is 5.80. The topological polar surface area (TPSA) is 189 Å². The molecule has 0 radical (unpaired) electrons. The lowest BCUT2D eigenvalue weighted by molar-refractivity contribution is -0.303. The maximum Gasteiger partial charge on any atom is 0.249 e. The SMILES string of the molecule is CCCCCCCCCCCCCCCCCCCC/C=C/CC/C=C/CC/C=C/CCCC(O)C(O)C(COC1OC(CO)C(O)C(O)C1O)NC(=O)C(O)CCCCCCCCCCCCCCCCCCCCCCCCCCCCCCCCCCCC. The minimum absolute atomic E-state index is 0.243. The molecule has 0 aromatic heterocycles. The number of aliphatic hydroxyl groups is 7. The summed E-state index contributed by atoms with van der Waals surface area (Å²) in [4.78, 5) is 13.3. The zero-order valence-corrected chi connectivity index (χ0v) is 60.6. The van der Waals surface area contributed by atoms with Gasteiger partial charge in [-0.05, 0) is 64.2 Å². The van der Waals surface area contributed by atoms with E-state index in [4.69, 9.17) is 9.47 Å². The molecule has 0 spiro atoms. The van der Waals surface area contributed by atoms with Gasteiger partial charge in [-0.3, -0.25) is 4.79 Å². The number of rotatable bonds is 72. The summed E-state index contributed by atoms with van der Waals surface area (Å²) >= 11 is 0. The first-order valence-corrected chi connectivity index (χ1v) is 40.4. The molecule has 1 rings (SSSR count). The maximum absolute atomic E-state index is 13.3. The van der Waals surface area contributed by atoms with Crippen LogP contribution in [0.3, 0.4) is 0 Å². The second-order valence-electron chi connectivity index (χ2n) is 28.5. The number of ether oxygens (including phenoxy) is 2. The van der Waals surface area contributed by atoms with Crippen molar-refractivity contribution in [2.24, 2.45) is 0 Å². The van der Waals surface area contributed by atoms with E-state index in [1.165, 1.54) is 315 Å². The molecular formula is C81H155NO10. The number of allylic oxidation sites excluding steroid dienone is 6. The van der Waals surface area contributed by atoms with Crippen LogP contribution < -0.4 is 5.32 Å². The lowest BCUT2D eigenvalue weighted by atomic mass is 9.98. The zero-order chi connectivity index (χ0) is 66.7. The van der Waals surface area contributed by atoms with E-state index in [1.807, 2.05) is 0 Å². The van der Waals surface area contributed by atoms with Gasteiger partial charge in [0.15, 0.2) is 6.29 Å². The van der Waals surface area contributed by atoms with Crippen LogP contribution in [0.1, 0.15) is 406 Å². The average Bonchev–Trinajstić information content (AvgIpc) is 0.958. The summed E-state index contributed by atoms with van der Waals surface area (Å²) in [6.07, 6.45) is 79.9. The van der Waals surface area contributed by atoms with Crippen LogP contribution >= 0.6 is 0 Å². The molecule has 0 aliphatic carbocycles. The van der Waals surface area contributed by atoms with Crippen LogP contribution in [-0.2, 0) is 14.3 Å². The zero-order valence-electron chi connectivity index (χ0n) is 60.6. The minimum atomic E-state index is -1.67. The van der Waals surface area contributed by atoms with Crippen LogP contribution in [-0.4, -0.2) is 110 Å². The van der Waals surface area contributed by atoms with Crippen molar-refractivity contribution < 1.29 is 50.0 Å². The van der Waals surface area contributed by atoms with E-state index in [0.29, 0.717) is 19.3 Å². The third kappa shape index (κ3) is 55.3. The smallest absolute Gasteiger partial charge is 0.249 e. The monoisotopic (exact) mass is 1300 g/mol. The number of aliphatic hydroxyl groups excluding tert-OH is 7. The Kier molecular flexibility index (Phi) is 66.5. The molecule has 0 saturated carbocycles. The summed E-state index contributed by atoms with van der Waals surface area (Å²) in [5.74, 6) is -0.704. The van der Waals surface area contributed by atoms with Gasteiger partial charge in [0, 0.05) is 0 Å². The minimum Gasteiger partial charge on any atom is -0.394 e. The van der Waals surface area contributed by atoms with Gasteiger partial charge in [-0.15, -0.1) is 0 Å². The van der Waals surface area contributed by atoms with Crippen molar-refractivity contribution in [1.29, 1.82) is 0 Å². The Bertz CT molecular complexity index is 1590. The molecule has 11 heteroatoms. The molecule has 0 aromatic rings. The predicted molar refractivity (Wildman–Crippen MR) is 390 cm³/mol. The number of nitrogens with one attached hydrogen (secondary N) is 1. The second-order valence-corrected chi connectivity index (χ2v) is 28.5. The molecule has 1 fully saturated rings. The average molecular weight is 1300 g/mol. The summed E-state index contributed by atoms with van der Waals surface area (Å²) < 4.78 is 11.2. The van der Waals surface area contributed by atoms with Gasteiger partial charge in [-0.2, -0.15) is 0 Å². The molecule has 1 amide bonds. The fourth-order valence-corrected chi connectivity index (χ4v) is 13.2. The van der Waals surface area contributed by atoms with E-state index in [-0.39, 0.29) is 12.8 Å². The van der Waals surface area contributed by atoms with Gasteiger partial charge < -0.3 is 50.5 Å². The molecule has 11 nitrogen and oxygen atoms in total. The first-order chi connectivity index (χ1) is 45.2. The predicted octanol–water partition coefficient (Wildman–Crippen LogP) is 20.9. The molecule has 544 valence electrons. The first-order valence-electron chi connectivity index (χ1n) is 40.4. The third-order valence-electron chi connectivity index (χ3n) is 19.7. The van der Waals surface area contributed by atoms with Gasteiger partial charge in [-0.1, -0.05) is 378 Å². The van der Waals surface area contributed by atoms with Crippen LogP contribution in [0, 0.1) is 0 Å². The Balaban J connectivity index is 2.16. The molecule has 9 unspecified atom stereocenters. The standard InChI is InChI=1S/C81H155NO10/c1-3-5-7-9-11-13-15-17-19-21-23-25-27-29-31-33-35-36-37-39-41-43-45-47-49-51-53-55-57-59-61-63-65-67-69-74(85)80(90)82-72(71-91-81-79(89)78(88)77(87)75(70-83)92-81)76(86)73(84)68-66-64-62-60-58-56-54-52-50-48-46-44-42-40-38-34-32-30-28-26-24-22-20-18-16-14-12-10-8-6-4-2/h44,46,52,54,60,62,72-79,81,83-89H,3-43,45,47-51,53,55-59,61,63-71H2,1-2H3,(H,82,90)/b46-44+,54-52+,62-60+.